The van der Waals surface area contributed by atoms with Gasteiger partial charge in [-0.3, -0.25) is 9.69 Å². The van der Waals surface area contributed by atoms with Crippen molar-refractivity contribution in [3.8, 4) is 0 Å². The van der Waals surface area contributed by atoms with Crippen molar-refractivity contribution in [1.82, 2.24) is 4.90 Å². The Morgan fingerprint density at radius 2 is 1.38 bits per heavy atom. The van der Waals surface area contributed by atoms with Crippen LogP contribution in [0.3, 0.4) is 0 Å². The Balaban J connectivity index is 1.77. The van der Waals surface area contributed by atoms with Crippen LogP contribution in [0.1, 0.15) is 96.8 Å². The number of hydrogen-bond donors (Lipinski definition) is 0. The number of hydrogen-bond acceptors (Lipinski definition) is 2. The molecule has 1 rings (SSSR count). The molecule has 1 fully saturated rings. The molecule has 1 heterocycles. The van der Waals surface area contributed by atoms with Crippen molar-refractivity contribution in [2.75, 3.05) is 13.1 Å². The SMILES string of the molecule is CCCCCCCCCCCCCCN1CCC[C@H]1[C]=O. The summed E-state index contributed by atoms with van der Waals surface area (Å²) in [6.07, 6.45) is 21.1. The first-order valence-electron chi connectivity index (χ1n) is 9.50. The molecule has 2 heteroatoms. The van der Waals surface area contributed by atoms with Crippen LogP contribution in [0.2, 0.25) is 0 Å². The summed E-state index contributed by atoms with van der Waals surface area (Å²) in [6, 6.07) is 0.109. The fraction of sp³-hybridized carbons (Fsp3) is 0.947. The zero-order chi connectivity index (χ0) is 15.2. The van der Waals surface area contributed by atoms with E-state index in [9.17, 15) is 4.79 Å². The maximum absolute atomic E-state index is 10.8. The molecule has 0 unspecified atom stereocenters. The Bertz CT molecular complexity index is 242. The maximum Gasteiger partial charge on any atom is 0.217 e. The van der Waals surface area contributed by atoms with Crippen molar-refractivity contribution in [2.24, 2.45) is 0 Å². The Kier molecular flexibility index (Phi) is 11.8. The second-order valence-electron chi connectivity index (χ2n) is 6.70. The smallest absolute Gasteiger partial charge is 0.217 e. The highest BCUT2D eigenvalue weighted by Crippen LogP contribution is 2.17. The second kappa shape index (κ2) is 13.3. The topological polar surface area (TPSA) is 20.3 Å². The zero-order valence-corrected chi connectivity index (χ0v) is 14.2. The molecule has 1 aliphatic rings. The van der Waals surface area contributed by atoms with E-state index in [4.69, 9.17) is 0 Å². The van der Waals surface area contributed by atoms with E-state index >= 15 is 0 Å². The first-order valence-corrected chi connectivity index (χ1v) is 9.50. The predicted molar refractivity (Wildman–Crippen MR) is 91.4 cm³/mol. The quantitative estimate of drug-likeness (QED) is 0.407. The number of rotatable bonds is 14. The summed E-state index contributed by atoms with van der Waals surface area (Å²) in [4.78, 5) is 13.1. The molecular weight excluding hydrogens is 258 g/mol. The Morgan fingerprint density at radius 3 is 1.90 bits per heavy atom. The van der Waals surface area contributed by atoms with Gasteiger partial charge >= 0.3 is 0 Å². The van der Waals surface area contributed by atoms with Gasteiger partial charge in [-0.25, -0.2) is 0 Å². The van der Waals surface area contributed by atoms with Gasteiger partial charge in [0.05, 0.1) is 6.04 Å². The van der Waals surface area contributed by atoms with Crippen molar-refractivity contribution in [1.29, 1.82) is 0 Å². The standard InChI is InChI=1S/C19H36NO/c1-2-3-4-5-6-7-8-9-10-11-12-13-16-20-17-14-15-19(20)18-21/h19H,2-17H2,1H3/t19-/m0/s1. The molecule has 2 nitrogen and oxygen atoms in total. The first-order chi connectivity index (χ1) is 10.4. The number of nitrogens with zero attached hydrogens (tertiary/aromatic N) is 1. The molecular formula is C19H36NO. The molecule has 0 aliphatic carbocycles. The van der Waals surface area contributed by atoms with E-state index < -0.39 is 0 Å². The summed E-state index contributed by atoms with van der Waals surface area (Å²) < 4.78 is 0. The van der Waals surface area contributed by atoms with Crippen molar-refractivity contribution in [3.05, 3.63) is 0 Å². The van der Waals surface area contributed by atoms with E-state index in [1.165, 1.54) is 83.5 Å². The minimum Gasteiger partial charge on any atom is -0.293 e. The van der Waals surface area contributed by atoms with Gasteiger partial charge in [-0.1, -0.05) is 77.6 Å². The molecule has 0 N–H and O–H groups in total. The predicted octanol–water partition coefficient (Wildman–Crippen LogP) is 5.26. The minimum atomic E-state index is 0.109. The van der Waals surface area contributed by atoms with Crippen molar-refractivity contribution < 1.29 is 4.79 Å². The Hall–Kier alpha value is -0.370. The van der Waals surface area contributed by atoms with Gasteiger partial charge in [-0.2, -0.15) is 0 Å². The number of carbonyl (C=O) groups excluding carboxylic acids is 1. The number of likely N-dealkylation sites (tertiary alicyclic amines) is 1. The molecule has 0 spiro atoms. The highest BCUT2D eigenvalue weighted by atomic mass is 16.1. The molecule has 0 amide bonds. The summed E-state index contributed by atoms with van der Waals surface area (Å²) in [5.74, 6) is 0. The minimum absolute atomic E-state index is 0.109. The van der Waals surface area contributed by atoms with Crippen LogP contribution in [0.5, 0.6) is 0 Å². The highest BCUT2D eigenvalue weighted by Gasteiger charge is 2.23. The largest absolute Gasteiger partial charge is 0.293 e. The lowest BCUT2D eigenvalue weighted by molar-refractivity contribution is 0.287. The number of unbranched alkanes of at least 4 members (excludes halogenated alkanes) is 11. The molecule has 0 bridgehead atoms. The summed E-state index contributed by atoms with van der Waals surface area (Å²) in [7, 11) is 0. The molecule has 1 atom stereocenters. The van der Waals surface area contributed by atoms with E-state index in [1.807, 2.05) is 0 Å². The molecule has 1 saturated heterocycles. The molecule has 123 valence electrons. The average molecular weight is 295 g/mol. The molecule has 0 saturated carbocycles. The van der Waals surface area contributed by atoms with Gasteiger partial charge in [-0.15, -0.1) is 0 Å². The van der Waals surface area contributed by atoms with Crippen molar-refractivity contribution >= 4 is 6.29 Å². The van der Waals surface area contributed by atoms with Gasteiger partial charge in [0.15, 0.2) is 0 Å². The van der Waals surface area contributed by atoms with Gasteiger partial charge in [0.1, 0.15) is 0 Å². The summed E-state index contributed by atoms with van der Waals surface area (Å²) >= 11 is 0. The van der Waals surface area contributed by atoms with Crippen LogP contribution in [0.4, 0.5) is 0 Å². The highest BCUT2D eigenvalue weighted by molar-refractivity contribution is 5.58. The maximum atomic E-state index is 10.8. The van der Waals surface area contributed by atoms with E-state index in [1.54, 1.807) is 0 Å². The Morgan fingerprint density at radius 1 is 0.857 bits per heavy atom. The van der Waals surface area contributed by atoms with Gasteiger partial charge in [0.2, 0.25) is 6.29 Å². The lowest BCUT2D eigenvalue weighted by atomic mass is 10.1. The lowest BCUT2D eigenvalue weighted by Crippen LogP contribution is -2.31. The van der Waals surface area contributed by atoms with Crippen LogP contribution in [0.25, 0.3) is 0 Å². The zero-order valence-electron chi connectivity index (χ0n) is 14.2. The van der Waals surface area contributed by atoms with Crippen molar-refractivity contribution in [2.45, 2.75) is 103 Å². The van der Waals surface area contributed by atoms with Gasteiger partial charge < -0.3 is 0 Å². The fourth-order valence-corrected chi connectivity index (χ4v) is 3.38. The molecule has 1 radical (unpaired) electrons. The summed E-state index contributed by atoms with van der Waals surface area (Å²) in [5, 5.41) is 0. The van der Waals surface area contributed by atoms with Crippen molar-refractivity contribution in [3.63, 3.8) is 0 Å². The molecule has 21 heavy (non-hydrogen) atoms. The van der Waals surface area contributed by atoms with E-state index in [0.717, 1.165) is 19.5 Å². The van der Waals surface area contributed by atoms with Crippen LogP contribution in [-0.2, 0) is 4.79 Å². The fourth-order valence-electron chi connectivity index (χ4n) is 3.38. The van der Waals surface area contributed by atoms with Crippen LogP contribution < -0.4 is 0 Å². The third kappa shape index (κ3) is 9.29. The van der Waals surface area contributed by atoms with Crippen LogP contribution in [0, 0.1) is 0 Å². The molecule has 0 aromatic heterocycles. The van der Waals surface area contributed by atoms with Crippen LogP contribution >= 0.6 is 0 Å². The summed E-state index contributed by atoms with van der Waals surface area (Å²) in [6.45, 7) is 4.50. The van der Waals surface area contributed by atoms with E-state index in [-0.39, 0.29) is 6.04 Å². The van der Waals surface area contributed by atoms with Gasteiger partial charge in [0, 0.05) is 0 Å². The van der Waals surface area contributed by atoms with E-state index in [2.05, 4.69) is 18.1 Å². The first kappa shape index (κ1) is 18.7. The monoisotopic (exact) mass is 294 g/mol. The Labute approximate surface area is 132 Å². The normalized spacial score (nSPS) is 19.2. The second-order valence-corrected chi connectivity index (χ2v) is 6.70. The van der Waals surface area contributed by atoms with Gasteiger partial charge in [-0.05, 0) is 32.4 Å². The third-order valence-electron chi connectivity index (χ3n) is 4.80. The van der Waals surface area contributed by atoms with E-state index in [0.29, 0.717) is 0 Å². The average Bonchev–Trinajstić information content (AvgIpc) is 2.96. The third-order valence-corrected chi connectivity index (χ3v) is 4.80. The summed E-state index contributed by atoms with van der Waals surface area (Å²) in [5.41, 5.74) is 0. The van der Waals surface area contributed by atoms with Gasteiger partial charge in [0.25, 0.3) is 0 Å². The molecule has 0 aromatic carbocycles. The molecule has 0 aromatic rings. The lowest BCUT2D eigenvalue weighted by Gasteiger charge is -2.18. The molecule has 1 aliphatic heterocycles. The van der Waals surface area contributed by atoms with Crippen LogP contribution in [-0.4, -0.2) is 30.3 Å². The van der Waals surface area contributed by atoms with Crippen LogP contribution in [0.15, 0.2) is 0 Å².